The molecule has 1 aromatic carbocycles. The van der Waals surface area contributed by atoms with Gasteiger partial charge in [-0.1, -0.05) is 11.6 Å². The third-order valence-corrected chi connectivity index (χ3v) is 3.77. The van der Waals surface area contributed by atoms with Crippen LogP contribution in [-0.2, 0) is 9.47 Å². The van der Waals surface area contributed by atoms with Crippen molar-refractivity contribution in [3.05, 3.63) is 22.7 Å². The zero-order valence-corrected chi connectivity index (χ0v) is 11.5. The summed E-state index contributed by atoms with van der Waals surface area (Å²) in [5.74, 6) is 0. The Bertz CT molecular complexity index is 431. The molecule has 0 spiro atoms. The van der Waals surface area contributed by atoms with Crippen molar-refractivity contribution in [2.75, 3.05) is 37.9 Å². The molecular weight excluding hydrogens is 252 g/mol. The number of nitrogens with one attached hydrogen (secondary N) is 1. The lowest BCUT2D eigenvalue weighted by atomic mass is 10.0. The van der Waals surface area contributed by atoms with Gasteiger partial charge in [-0.25, -0.2) is 0 Å². The van der Waals surface area contributed by atoms with E-state index in [1.165, 1.54) is 0 Å². The average Bonchev–Trinajstić information content (AvgIpc) is 2.82. The number of ether oxygens (including phenoxy) is 2. The number of nitrogens with two attached hydrogens (primary N) is 1. The second-order valence-electron chi connectivity index (χ2n) is 4.73. The highest BCUT2D eigenvalue weighted by Gasteiger charge is 2.34. The SMILES string of the molecule is COC1(CNc2cc(Cl)c(N)cc2C)CCOC1. The average molecular weight is 271 g/mol. The number of methoxy groups -OCH3 is 1. The molecule has 4 nitrogen and oxygen atoms in total. The van der Waals surface area contributed by atoms with Crippen LogP contribution in [0.4, 0.5) is 11.4 Å². The molecule has 0 aliphatic carbocycles. The van der Waals surface area contributed by atoms with E-state index in [0.717, 1.165) is 24.3 Å². The number of hydrogen-bond acceptors (Lipinski definition) is 4. The summed E-state index contributed by atoms with van der Waals surface area (Å²) in [6, 6.07) is 3.72. The molecule has 1 atom stereocenters. The van der Waals surface area contributed by atoms with Crippen molar-refractivity contribution in [1.29, 1.82) is 0 Å². The quantitative estimate of drug-likeness (QED) is 0.825. The van der Waals surface area contributed by atoms with Crippen molar-refractivity contribution in [2.45, 2.75) is 18.9 Å². The molecule has 1 aliphatic rings. The summed E-state index contributed by atoms with van der Waals surface area (Å²) in [4.78, 5) is 0. The van der Waals surface area contributed by atoms with Crippen LogP contribution in [0.3, 0.4) is 0 Å². The first-order chi connectivity index (χ1) is 8.56. The molecule has 0 aromatic heterocycles. The van der Waals surface area contributed by atoms with Crippen molar-refractivity contribution in [3.8, 4) is 0 Å². The molecule has 1 saturated heterocycles. The molecule has 5 heteroatoms. The summed E-state index contributed by atoms with van der Waals surface area (Å²) >= 11 is 6.03. The molecule has 0 saturated carbocycles. The molecule has 1 aliphatic heterocycles. The summed E-state index contributed by atoms with van der Waals surface area (Å²) in [5, 5.41) is 3.94. The van der Waals surface area contributed by atoms with Crippen LogP contribution in [0.25, 0.3) is 0 Å². The minimum atomic E-state index is -0.236. The molecule has 100 valence electrons. The second-order valence-corrected chi connectivity index (χ2v) is 5.14. The highest BCUT2D eigenvalue weighted by Crippen LogP contribution is 2.28. The van der Waals surface area contributed by atoms with Gasteiger partial charge in [-0.3, -0.25) is 0 Å². The van der Waals surface area contributed by atoms with Crippen LogP contribution in [0.15, 0.2) is 12.1 Å². The minimum Gasteiger partial charge on any atom is -0.398 e. The molecule has 0 radical (unpaired) electrons. The molecule has 0 amide bonds. The normalized spacial score (nSPS) is 23.3. The van der Waals surface area contributed by atoms with E-state index >= 15 is 0 Å². The second kappa shape index (κ2) is 5.34. The van der Waals surface area contributed by atoms with Crippen molar-refractivity contribution in [3.63, 3.8) is 0 Å². The van der Waals surface area contributed by atoms with Gasteiger partial charge in [-0.15, -0.1) is 0 Å². The molecule has 2 rings (SSSR count). The summed E-state index contributed by atoms with van der Waals surface area (Å²) in [6.45, 7) is 4.07. The number of anilines is 2. The zero-order valence-electron chi connectivity index (χ0n) is 10.8. The van der Waals surface area contributed by atoms with Gasteiger partial charge in [-0.05, 0) is 24.6 Å². The van der Waals surface area contributed by atoms with Gasteiger partial charge >= 0.3 is 0 Å². The fourth-order valence-corrected chi connectivity index (χ4v) is 2.28. The lowest BCUT2D eigenvalue weighted by Gasteiger charge is -2.27. The van der Waals surface area contributed by atoms with Gasteiger partial charge in [0.05, 0.1) is 17.3 Å². The van der Waals surface area contributed by atoms with Crippen molar-refractivity contribution < 1.29 is 9.47 Å². The first-order valence-corrected chi connectivity index (χ1v) is 6.36. The van der Waals surface area contributed by atoms with E-state index in [-0.39, 0.29) is 5.60 Å². The first-order valence-electron chi connectivity index (χ1n) is 5.99. The summed E-state index contributed by atoms with van der Waals surface area (Å²) in [6.07, 6.45) is 0.901. The topological polar surface area (TPSA) is 56.5 Å². The van der Waals surface area contributed by atoms with Gasteiger partial charge in [-0.2, -0.15) is 0 Å². The van der Waals surface area contributed by atoms with E-state index in [0.29, 0.717) is 23.9 Å². The Morgan fingerprint density at radius 2 is 2.33 bits per heavy atom. The summed E-state index contributed by atoms with van der Waals surface area (Å²) in [7, 11) is 1.72. The van der Waals surface area contributed by atoms with Crippen molar-refractivity contribution in [1.82, 2.24) is 0 Å². The van der Waals surface area contributed by atoms with Gasteiger partial charge in [0.1, 0.15) is 5.60 Å². The van der Waals surface area contributed by atoms with Gasteiger partial charge in [0, 0.05) is 32.4 Å². The maximum Gasteiger partial charge on any atom is 0.110 e. The van der Waals surface area contributed by atoms with E-state index < -0.39 is 0 Å². The molecule has 18 heavy (non-hydrogen) atoms. The fraction of sp³-hybridized carbons (Fsp3) is 0.538. The van der Waals surface area contributed by atoms with E-state index in [4.69, 9.17) is 26.8 Å². The molecule has 0 bridgehead atoms. The van der Waals surface area contributed by atoms with Crippen LogP contribution in [0.2, 0.25) is 5.02 Å². The molecule has 1 unspecified atom stereocenters. The molecule has 1 aromatic rings. The van der Waals surface area contributed by atoms with Crippen LogP contribution in [-0.4, -0.2) is 32.5 Å². The Labute approximate surface area is 112 Å². The van der Waals surface area contributed by atoms with Crippen LogP contribution < -0.4 is 11.1 Å². The lowest BCUT2D eigenvalue weighted by Crippen LogP contribution is -2.39. The van der Waals surface area contributed by atoms with E-state index in [1.807, 2.05) is 19.1 Å². The summed E-state index contributed by atoms with van der Waals surface area (Å²) < 4.78 is 11.0. The van der Waals surface area contributed by atoms with Crippen LogP contribution in [0.5, 0.6) is 0 Å². The minimum absolute atomic E-state index is 0.236. The zero-order chi connectivity index (χ0) is 13.2. The van der Waals surface area contributed by atoms with Crippen molar-refractivity contribution >= 4 is 23.0 Å². The Morgan fingerprint density at radius 3 is 2.94 bits per heavy atom. The number of aryl methyl sites for hydroxylation is 1. The van der Waals surface area contributed by atoms with Gasteiger partial charge < -0.3 is 20.5 Å². The predicted molar refractivity (Wildman–Crippen MR) is 74.3 cm³/mol. The number of benzene rings is 1. The monoisotopic (exact) mass is 270 g/mol. The van der Waals surface area contributed by atoms with Gasteiger partial charge in [0.25, 0.3) is 0 Å². The number of hydrogen-bond donors (Lipinski definition) is 2. The Balaban J connectivity index is 2.08. The van der Waals surface area contributed by atoms with E-state index in [1.54, 1.807) is 7.11 Å². The smallest absolute Gasteiger partial charge is 0.110 e. The predicted octanol–water partition coefficient (Wildman–Crippen LogP) is 2.45. The van der Waals surface area contributed by atoms with Gasteiger partial charge in [0.15, 0.2) is 0 Å². The highest BCUT2D eigenvalue weighted by molar-refractivity contribution is 6.33. The molecule has 1 heterocycles. The standard InChI is InChI=1S/C13H19ClN2O2/c1-9-5-11(15)10(14)6-12(9)16-7-13(17-2)3-4-18-8-13/h5-6,16H,3-4,7-8,15H2,1-2H3. The van der Waals surface area contributed by atoms with Crippen LogP contribution >= 0.6 is 11.6 Å². The van der Waals surface area contributed by atoms with Crippen LogP contribution in [0.1, 0.15) is 12.0 Å². The number of nitrogen functional groups attached to an aromatic ring is 1. The fourth-order valence-electron chi connectivity index (χ4n) is 2.11. The lowest BCUT2D eigenvalue weighted by molar-refractivity contribution is -0.00620. The third kappa shape index (κ3) is 2.71. The highest BCUT2D eigenvalue weighted by atomic mass is 35.5. The molecular formula is C13H19ClN2O2. The molecule has 1 fully saturated rings. The first kappa shape index (κ1) is 13.5. The van der Waals surface area contributed by atoms with E-state index in [2.05, 4.69) is 5.32 Å². The largest absolute Gasteiger partial charge is 0.398 e. The van der Waals surface area contributed by atoms with E-state index in [9.17, 15) is 0 Å². The maximum atomic E-state index is 6.03. The number of halogens is 1. The van der Waals surface area contributed by atoms with Crippen LogP contribution in [0, 0.1) is 6.92 Å². The number of rotatable bonds is 4. The Morgan fingerprint density at radius 1 is 1.56 bits per heavy atom. The maximum absolute atomic E-state index is 6.03. The third-order valence-electron chi connectivity index (χ3n) is 3.44. The Kier molecular flexibility index (Phi) is 4.00. The van der Waals surface area contributed by atoms with Crippen molar-refractivity contribution in [2.24, 2.45) is 0 Å². The Hall–Kier alpha value is -0.970. The molecule has 3 N–H and O–H groups in total. The summed E-state index contributed by atoms with van der Waals surface area (Å²) in [5.41, 5.74) is 8.18. The van der Waals surface area contributed by atoms with Gasteiger partial charge in [0.2, 0.25) is 0 Å².